The van der Waals surface area contributed by atoms with E-state index in [-0.39, 0.29) is 0 Å². The molecule has 0 aliphatic heterocycles. The number of aromatic nitrogens is 2. The molecule has 2 saturated carbocycles. The molecular formula is C11H16N4O. The lowest BCUT2D eigenvalue weighted by atomic mass is 9.96. The van der Waals surface area contributed by atoms with Gasteiger partial charge in [0.25, 0.3) is 0 Å². The van der Waals surface area contributed by atoms with Crippen LogP contribution in [0.25, 0.3) is 0 Å². The number of ether oxygens (including phenoxy) is 1. The van der Waals surface area contributed by atoms with Crippen molar-refractivity contribution in [1.82, 2.24) is 9.97 Å². The van der Waals surface area contributed by atoms with E-state index in [1.807, 2.05) is 0 Å². The summed E-state index contributed by atoms with van der Waals surface area (Å²) in [5, 5.41) is 0. The molecule has 1 aromatic heterocycles. The second kappa shape index (κ2) is 3.90. The van der Waals surface area contributed by atoms with Gasteiger partial charge in [-0.2, -0.15) is 4.98 Å². The Hall–Kier alpha value is -1.36. The Kier molecular flexibility index (Phi) is 2.40. The summed E-state index contributed by atoms with van der Waals surface area (Å²) >= 11 is 0. The van der Waals surface area contributed by atoms with E-state index in [9.17, 15) is 0 Å². The third-order valence-corrected chi connectivity index (χ3v) is 3.15. The van der Waals surface area contributed by atoms with Crippen LogP contribution in [0.5, 0.6) is 5.88 Å². The molecule has 2 fully saturated rings. The van der Waals surface area contributed by atoms with Crippen molar-refractivity contribution < 1.29 is 4.74 Å². The molecule has 2 aliphatic rings. The molecule has 1 aromatic rings. The van der Waals surface area contributed by atoms with Crippen LogP contribution in [0.3, 0.4) is 0 Å². The minimum atomic E-state index is 0.340. The fourth-order valence-electron chi connectivity index (χ4n) is 1.76. The number of nitrogens with two attached hydrogens (primary N) is 1. The van der Waals surface area contributed by atoms with E-state index in [0.717, 1.165) is 18.7 Å². The lowest BCUT2D eigenvalue weighted by Crippen LogP contribution is -2.25. The van der Waals surface area contributed by atoms with Crippen molar-refractivity contribution in [3.05, 3.63) is 11.9 Å². The summed E-state index contributed by atoms with van der Waals surface area (Å²) in [5.41, 5.74) is 2.57. The van der Waals surface area contributed by atoms with Crippen LogP contribution >= 0.6 is 0 Å². The Morgan fingerprint density at radius 3 is 2.62 bits per heavy atom. The minimum absolute atomic E-state index is 0.340. The zero-order valence-corrected chi connectivity index (χ0v) is 9.15. The molecule has 86 valence electrons. The van der Waals surface area contributed by atoms with Gasteiger partial charge in [0, 0.05) is 12.0 Å². The zero-order chi connectivity index (χ0) is 11.0. The summed E-state index contributed by atoms with van der Waals surface area (Å²) < 4.78 is 5.76. The third kappa shape index (κ3) is 1.95. The quantitative estimate of drug-likeness (QED) is 0.595. The lowest BCUT2D eigenvalue weighted by Gasteiger charge is -2.25. The Balaban J connectivity index is 1.81. The molecule has 0 unspecified atom stereocenters. The van der Waals surface area contributed by atoms with E-state index in [1.165, 1.54) is 19.3 Å². The Morgan fingerprint density at radius 2 is 2.06 bits per heavy atom. The molecule has 3 N–H and O–H groups in total. The first-order chi connectivity index (χ1) is 7.85. The highest BCUT2D eigenvalue weighted by molar-refractivity contribution is 5.38. The monoisotopic (exact) mass is 220 g/mol. The molecule has 0 atom stereocenters. The summed E-state index contributed by atoms with van der Waals surface area (Å²) in [5.74, 6) is 8.07. The van der Waals surface area contributed by atoms with Crippen molar-refractivity contribution in [3.8, 4) is 5.88 Å². The average molecular weight is 220 g/mol. The van der Waals surface area contributed by atoms with Crippen LogP contribution in [-0.4, -0.2) is 16.1 Å². The highest BCUT2D eigenvalue weighted by atomic mass is 16.5. The Bertz CT molecular complexity index is 388. The van der Waals surface area contributed by atoms with Gasteiger partial charge in [0.15, 0.2) is 0 Å². The molecule has 1 heterocycles. The van der Waals surface area contributed by atoms with Crippen LogP contribution in [0, 0.1) is 0 Å². The van der Waals surface area contributed by atoms with Crippen LogP contribution in [0.1, 0.15) is 43.8 Å². The Labute approximate surface area is 94.4 Å². The van der Waals surface area contributed by atoms with Gasteiger partial charge >= 0.3 is 0 Å². The SMILES string of the molecule is NNc1cc(OC2CCC2)nc(C2CC2)n1. The van der Waals surface area contributed by atoms with Gasteiger partial charge in [0.1, 0.15) is 17.7 Å². The van der Waals surface area contributed by atoms with E-state index in [0.29, 0.717) is 23.7 Å². The topological polar surface area (TPSA) is 73.1 Å². The van der Waals surface area contributed by atoms with Gasteiger partial charge in [-0.05, 0) is 32.1 Å². The minimum Gasteiger partial charge on any atom is -0.474 e. The maximum Gasteiger partial charge on any atom is 0.219 e. The number of hydrogen-bond donors (Lipinski definition) is 2. The number of nitrogens with one attached hydrogen (secondary N) is 1. The van der Waals surface area contributed by atoms with E-state index < -0.39 is 0 Å². The van der Waals surface area contributed by atoms with Crippen molar-refractivity contribution in [2.75, 3.05) is 5.43 Å². The van der Waals surface area contributed by atoms with Gasteiger partial charge in [0.2, 0.25) is 5.88 Å². The summed E-state index contributed by atoms with van der Waals surface area (Å²) in [7, 11) is 0. The molecule has 0 bridgehead atoms. The summed E-state index contributed by atoms with van der Waals surface area (Å²) in [6, 6.07) is 1.77. The number of hydrazine groups is 1. The number of nitrogen functional groups attached to an aromatic ring is 1. The van der Waals surface area contributed by atoms with Crippen molar-refractivity contribution in [3.63, 3.8) is 0 Å². The second-order valence-corrected chi connectivity index (χ2v) is 4.54. The summed E-state index contributed by atoms with van der Waals surface area (Å²) in [6.45, 7) is 0. The summed E-state index contributed by atoms with van der Waals surface area (Å²) in [6.07, 6.45) is 6.22. The molecule has 5 nitrogen and oxygen atoms in total. The predicted octanol–water partition coefficient (Wildman–Crippen LogP) is 1.57. The molecule has 0 saturated heterocycles. The predicted molar refractivity (Wildman–Crippen MR) is 60.1 cm³/mol. The fraction of sp³-hybridized carbons (Fsp3) is 0.636. The smallest absolute Gasteiger partial charge is 0.219 e. The van der Waals surface area contributed by atoms with E-state index in [1.54, 1.807) is 6.07 Å². The number of nitrogens with zero attached hydrogens (tertiary/aromatic N) is 2. The molecule has 3 rings (SSSR count). The zero-order valence-electron chi connectivity index (χ0n) is 9.15. The number of rotatable bonds is 4. The first-order valence-electron chi connectivity index (χ1n) is 5.87. The van der Waals surface area contributed by atoms with Gasteiger partial charge in [-0.25, -0.2) is 10.8 Å². The number of hydrogen-bond acceptors (Lipinski definition) is 5. The second-order valence-electron chi connectivity index (χ2n) is 4.54. The highest BCUT2D eigenvalue weighted by Gasteiger charge is 2.28. The van der Waals surface area contributed by atoms with Crippen LogP contribution in [0.4, 0.5) is 5.82 Å². The van der Waals surface area contributed by atoms with Gasteiger partial charge < -0.3 is 10.2 Å². The van der Waals surface area contributed by atoms with E-state index >= 15 is 0 Å². The molecule has 2 aliphatic carbocycles. The summed E-state index contributed by atoms with van der Waals surface area (Å²) in [4.78, 5) is 8.77. The molecular weight excluding hydrogens is 204 g/mol. The largest absolute Gasteiger partial charge is 0.474 e. The van der Waals surface area contributed by atoms with Crippen molar-refractivity contribution >= 4 is 5.82 Å². The van der Waals surface area contributed by atoms with Crippen LogP contribution in [0.2, 0.25) is 0 Å². The van der Waals surface area contributed by atoms with E-state index in [4.69, 9.17) is 10.6 Å². The molecule has 0 amide bonds. The average Bonchev–Trinajstić information content (AvgIpc) is 3.07. The van der Waals surface area contributed by atoms with Gasteiger partial charge in [-0.15, -0.1) is 0 Å². The number of anilines is 1. The first-order valence-corrected chi connectivity index (χ1v) is 5.87. The van der Waals surface area contributed by atoms with Crippen molar-refractivity contribution in [2.45, 2.75) is 44.1 Å². The third-order valence-electron chi connectivity index (χ3n) is 3.15. The van der Waals surface area contributed by atoms with E-state index in [2.05, 4.69) is 15.4 Å². The maximum absolute atomic E-state index is 5.76. The van der Waals surface area contributed by atoms with Crippen LogP contribution in [0.15, 0.2) is 6.07 Å². The first kappa shape index (κ1) is 9.84. The molecule has 0 aromatic carbocycles. The molecule has 16 heavy (non-hydrogen) atoms. The molecule has 0 spiro atoms. The van der Waals surface area contributed by atoms with Gasteiger partial charge in [0.05, 0.1) is 0 Å². The van der Waals surface area contributed by atoms with Gasteiger partial charge in [-0.3, -0.25) is 0 Å². The van der Waals surface area contributed by atoms with Crippen molar-refractivity contribution in [2.24, 2.45) is 5.84 Å². The fourth-order valence-corrected chi connectivity index (χ4v) is 1.76. The maximum atomic E-state index is 5.76. The molecule has 0 radical (unpaired) electrons. The van der Waals surface area contributed by atoms with Crippen LogP contribution < -0.4 is 16.0 Å². The lowest BCUT2D eigenvalue weighted by molar-refractivity contribution is 0.114. The molecule has 5 heteroatoms. The van der Waals surface area contributed by atoms with Gasteiger partial charge in [-0.1, -0.05) is 0 Å². The normalized spacial score (nSPS) is 20.3. The Morgan fingerprint density at radius 1 is 1.25 bits per heavy atom. The van der Waals surface area contributed by atoms with Crippen LogP contribution in [-0.2, 0) is 0 Å². The highest BCUT2D eigenvalue weighted by Crippen LogP contribution is 2.39. The van der Waals surface area contributed by atoms with Crippen molar-refractivity contribution in [1.29, 1.82) is 0 Å². The standard InChI is InChI=1S/C11H16N4O/c12-15-9-6-10(16-8-2-1-3-8)14-11(13-9)7-4-5-7/h6-8H,1-5,12H2,(H,13,14,15).